The molecule has 0 aromatic rings. The lowest BCUT2D eigenvalue weighted by atomic mass is 9.97. The molecular formula is C13H24N2O2. The van der Waals surface area contributed by atoms with Crippen molar-refractivity contribution in [2.45, 2.75) is 38.7 Å². The van der Waals surface area contributed by atoms with Gasteiger partial charge in [-0.2, -0.15) is 0 Å². The lowest BCUT2D eigenvalue weighted by molar-refractivity contribution is -0.140. The van der Waals surface area contributed by atoms with E-state index in [4.69, 9.17) is 4.74 Å². The number of nitrogens with zero attached hydrogens (tertiary/aromatic N) is 1. The van der Waals surface area contributed by atoms with E-state index in [2.05, 4.69) is 12.2 Å². The van der Waals surface area contributed by atoms with E-state index in [1.807, 2.05) is 4.90 Å². The van der Waals surface area contributed by atoms with E-state index in [0.29, 0.717) is 5.92 Å². The fraction of sp³-hybridized carbons (Fsp3) is 0.923. The third kappa shape index (κ3) is 3.68. The van der Waals surface area contributed by atoms with E-state index in [1.165, 1.54) is 6.42 Å². The molecule has 2 aliphatic rings. The molecule has 0 aromatic carbocycles. The van der Waals surface area contributed by atoms with Crippen molar-refractivity contribution in [3.8, 4) is 0 Å². The van der Waals surface area contributed by atoms with E-state index < -0.39 is 0 Å². The van der Waals surface area contributed by atoms with Crippen LogP contribution in [0.5, 0.6) is 0 Å². The second-order valence-corrected chi connectivity index (χ2v) is 5.26. The van der Waals surface area contributed by atoms with Gasteiger partial charge in [0.15, 0.2) is 0 Å². The number of carbonyl (C=O) groups excluding carboxylic acids is 1. The van der Waals surface area contributed by atoms with Crippen molar-refractivity contribution in [1.82, 2.24) is 10.2 Å². The number of ether oxygens (including phenoxy) is 1. The minimum Gasteiger partial charge on any atom is -0.367 e. The van der Waals surface area contributed by atoms with Crippen LogP contribution in [0.1, 0.15) is 32.6 Å². The van der Waals surface area contributed by atoms with Gasteiger partial charge in [-0.1, -0.05) is 6.92 Å². The first kappa shape index (κ1) is 12.8. The van der Waals surface area contributed by atoms with Crippen LogP contribution in [0.25, 0.3) is 0 Å². The van der Waals surface area contributed by atoms with Gasteiger partial charge in [0, 0.05) is 19.6 Å². The fourth-order valence-electron chi connectivity index (χ4n) is 2.60. The van der Waals surface area contributed by atoms with Crippen LogP contribution in [0, 0.1) is 5.92 Å². The number of nitrogens with one attached hydrogen (secondary N) is 1. The molecule has 2 fully saturated rings. The summed E-state index contributed by atoms with van der Waals surface area (Å²) in [5, 5.41) is 3.32. The molecule has 1 amide bonds. The number of hydrogen-bond donors (Lipinski definition) is 1. The fourth-order valence-corrected chi connectivity index (χ4v) is 2.60. The lowest BCUT2D eigenvalue weighted by Crippen LogP contribution is -2.44. The molecule has 0 saturated carbocycles. The Labute approximate surface area is 104 Å². The Morgan fingerprint density at radius 3 is 2.82 bits per heavy atom. The van der Waals surface area contributed by atoms with Crippen LogP contribution in [0.2, 0.25) is 0 Å². The van der Waals surface area contributed by atoms with Gasteiger partial charge in [0.05, 0.1) is 6.10 Å². The van der Waals surface area contributed by atoms with Crippen LogP contribution in [-0.2, 0) is 9.53 Å². The molecule has 0 aliphatic carbocycles. The highest BCUT2D eigenvalue weighted by Crippen LogP contribution is 2.15. The average molecular weight is 240 g/mol. The summed E-state index contributed by atoms with van der Waals surface area (Å²) in [6.45, 7) is 6.25. The molecule has 17 heavy (non-hydrogen) atoms. The van der Waals surface area contributed by atoms with E-state index in [9.17, 15) is 4.79 Å². The largest absolute Gasteiger partial charge is 0.367 e. The minimum absolute atomic E-state index is 0.169. The summed E-state index contributed by atoms with van der Waals surface area (Å²) in [5.74, 6) is 0.730. The topological polar surface area (TPSA) is 41.6 Å². The second-order valence-electron chi connectivity index (χ2n) is 5.26. The summed E-state index contributed by atoms with van der Waals surface area (Å²) in [7, 11) is 0. The first-order valence-corrected chi connectivity index (χ1v) is 6.87. The molecule has 0 aromatic heterocycles. The number of likely N-dealkylation sites (tertiary alicyclic amines) is 1. The summed E-state index contributed by atoms with van der Waals surface area (Å²) < 4.78 is 5.76. The third-order valence-electron chi connectivity index (χ3n) is 3.89. The highest BCUT2D eigenvalue weighted by molar-refractivity contribution is 5.77. The molecule has 4 nitrogen and oxygen atoms in total. The Bertz CT molecular complexity index is 252. The zero-order valence-corrected chi connectivity index (χ0v) is 10.8. The molecule has 2 heterocycles. The Balaban J connectivity index is 1.71. The van der Waals surface area contributed by atoms with Crippen molar-refractivity contribution in [1.29, 1.82) is 0 Å². The van der Waals surface area contributed by atoms with Crippen molar-refractivity contribution in [3.63, 3.8) is 0 Å². The summed E-state index contributed by atoms with van der Waals surface area (Å²) in [5.41, 5.74) is 0. The Morgan fingerprint density at radius 1 is 1.35 bits per heavy atom. The Kier molecular flexibility index (Phi) is 4.80. The molecular weight excluding hydrogens is 216 g/mol. The molecule has 0 spiro atoms. The Hall–Kier alpha value is -0.610. The minimum atomic E-state index is 0.169. The van der Waals surface area contributed by atoms with Gasteiger partial charge in [-0.25, -0.2) is 0 Å². The van der Waals surface area contributed by atoms with Gasteiger partial charge in [0.1, 0.15) is 6.61 Å². The summed E-state index contributed by atoms with van der Waals surface area (Å²) in [6, 6.07) is 0. The van der Waals surface area contributed by atoms with E-state index in [0.717, 1.165) is 45.4 Å². The van der Waals surface area contributed by atoms with Gasteiger partial charge in [0.25, 0.3) is 0 Å². The van der Waals surface area contributed by atoms with Crippen LogP contribution in [0.3, 0.4) is 0 Å². The maximum absolute atomic E-state index is 11.9. The zero-order valence-electron chi connectivity index (χ0n) is 10.8. The SMILES string of the molecule is CC1CCNCC1OCC(=O)N1CCCCC1. The molecule has 98 valence electrons. The zero-order chi connectivity index (χ0) is 12.1. The van der Waals surface area contributed by atoms with Crippen molar-refractivity contribution in [3.05, 3.63) is 0 Å². The molecule has 4 heteroatoms. The van der Waals surface area contributed by atoms with Gasteiger partial charge >= 0.3 is 0 Å². The van der Waals surface area contributed by atoms with Crippen molar-refractivity contribution >= 4 is 5.91 Å². The van der Waals surface area contributed by atoms with Crippen LogP contribution in [0.15, 0.2) is 0 Å². The van der Waals surface area contributed by atoms with Gasteiger partial charge < -0.3 is 15.0 Å². The molecule has 2 saturated heterocycles. The number of rotatable bonds is 3. The van der Waals surface area contributed by atoms with Crippen molar-refractivity contribution in [2.75, 3.05) is 32.8 Å². The number of piperidine rings is 2. The van der Waals surface area contributed by atoms with E-state index in [1.54, 1.807) is 0 Å². The van der Waals surface area contributed by atoms with E-state index >= 15 is 0 Å². The lowest BCUT2D eigenvalue weighted by Gasteiger charge is -2.31. The van der Waals surface area contributed by atoms with Crippen LogP contribution >= 0.6 is 0 Å². The maximum Gasteiger partial charge on any atom is 0.248 e. The first-order chi connectivity index (χ1) is 8.27. The van der Waals surface area contributed by atoms with Gasteiger partial charge in [-0.3, -0.25) is 4.79 Å². The standard InChI is InChI=1S/C13H24N2O2/c1-11-5-6-14-9-12(11)17-10-13(16)15-7-3-2-4-8-15/h11-12,14H,2-10H2,1H3. The summed E-state index contributed by atoms with van der Waals surface area (Å²) >= 11 is 0. The molecule has 2 rings (SSSR count). The van der Waals surface area contributed by atoms with Gasteiger partial charge in [0.2, 0.25) is 5.91 Å². The Morgan fingerprint density at radius 2 is 2.12 bits per heavy atom. The van der Waals surface area contributed by atoms with Crippen molar-refractivity contribution in [2.24, 2.45) is 5.92 Å². The third-order valence-corrected chi connectivity index (χ3v) is 3.89. The molecule has 1 N–H and O–H groups in total. The van der Waals surface area contributed by atoms with Gasteiger partial charge in [-0.05, 0) is 38.1 Å². The second kappa shape index (κ2) is 6.36. The summed E-state index contributed by atoms with van der Waals surface area (Å²) in [4.78, 5) is 13.9. The van der Waals surface area contributed by atoms with Gasteiger partial charge in [-0.15, -0.1) is 0 Å². The number of hydrogen-bond acceptors (Lipinski definition) is 3. The van der Waals surface area contributed by atoms with Crippen LogP contribution in [-0.4, -0.2) is 49.7 Å². The van der Waals surface area contributed by atoms with E-state index in [-0.39, 0.29) is 18.6 Å². The monoisotopic (exact) mass is 240 g/mol. The van der Waals surface area contributed by atoms with Crippen LogP contribution in [0.4, 0.5) is 0 Å². The average Bonchev–Trinajstić information content (AvgIpc) is 2.38. The molecule has 0 bridgehead atoms. The normalized spacial score (nSPS) is 30.3. The highest BCUT2D eigenvalue weighted by Gasteiger charge is 2.24. The highest BCUT2D eigenvalue weighted by atomic mass is 16.5. The summed E-state index contributed by atoms with van der Waals surface area (Å²) in [6.07, 6.45) is 4.90. The molecule has 0 radical (unpaired) electrons. The van der Waals surface area contributed by atoms with Crippen molar-refractivity contribution < 1.29 is 9.53 Å². The molecule has 2 unspecified atom stereocenters. The first-order valence-electron chi connectivity index (χ1n) is 6.87. The predicted molar refractivity (Wildman–Crippen MR) is 66.8 cm³/mol. The quantitative estimate of drug-likeness (QED) is 0.800. The van der Waals surface area contributed by atoms with Crippen LogP contribution < -0.4 is 5.32 Å². The smallest absolute Gasteiger partial charge is 0.248 e. The number of carbonyl (C=O) groups is 1. The molecule has 2 atom stereocenters. The maximum atomic E-state index is 11.9. The predicted octanol–water partition coefficient (Wildman–Crippen LogP) is 1.01. The molecule has 2 aliphatic heterocycles. The number of amides is 1.